The van der Waals surface area contributed by atoms with Crippen molar-refractivity contribution in [1.82, 2.24) is 0 Å². The molecule has 98 valence electrons. The zero-order valence-corrected chi connectivity index (χ0v) is 10.4. The van der Waals surface area contributed by atoms with Crippen molar-refractivity contribution in [2.75, 3.05) is 6.54 Å². The number of nitrogens with two attached hydrogens (primary N) is 1. The normalized spacial score (nSPS) is 14.3. The van der Waals surface area contributed by atoms with Crippen LogP contribution in [0.25, 0.3) is 11.1 Å². The number of fused-ring (bicyclic) bond motifs is 3. The van der Waals surface area contributed by atoms with Crippen molar-refractivity contribution in [2.24, 2.45) is 5.73 Å². The Labute approximate surface area is 111 Å². The summed E-state index contributed by atoms with van der Waals surface area (Å²) in [4.78, 5) is 0. The van der Waals surface area contributed by atoms with Crippen molar-refractivity contribution in [3.63, 3.8) is 0 Å². The molecule has 1 aliphatic carbocycles. The highest BCUT2D eigenvalue weighted by atomic mass is 19.3. The topological polar surface area (TPSA) is 26.0 Å². The second kappa shape index (κ2) is 4.42. The quantitative estimate of drug-likeness (QED) is 0.891. The van der Waals surface area contributed by atoms with Crippen LogP contribution in [-0.4, -0.2) is 12.5 Å². The van der Waals surface area contributed by atoms with E-state index in [1.807, 2.05) is 48.5 Å². The van der Waals surface area contributed by atoms with Crippen LogP contribution in [0.2, 0.25) is 0 Å². The lowest BCUT2D eigenvalue weighted by atomic mass is 9.91. The molecule has 0 amide bonds. The molecule has 2 N–H and O–H groups in total. The molecule has 0 saturated carbocycles. The summed E-state index contributed by atoms with van der Waals surface area (Å²) in [6, 6.07) is 15.6. The molecule has 0 saturated heterocycles. The number of hydrogen-bond acceptors (Lipinski definition) is 1. The van der Waals surface area contributed by atoms with Gasteiger partial charge in [0, 0.05) is 12.3 Å². The Morgan fingerprint density at radius 1 is 0.895 bits per heavy atom. The van der Waals surface area contributed by atoms with Gasteiger partial charge in [-0.05, 0) is 22.3 Å². The third-order valence-corrected chi connectivity index (χ3v) is 3.76. The van der Waals surface area contributed by atoms with E-state index in [1.165, 1.54) is 0 Å². The molecule has 0 aliphatic heterocycles. The number of rotatable bonds is 3. The van der Waals surface area contributed by atoms with Gasteiger partial charge in [-0.15, -0.1) is 0 Å². The zero-order valence-electron chi connectivity index (χ0n) is 10.4. The van der Waals surface area contributed by atoms with Crippen molar-refractivity contribution in [2.45, 2.75) is 18.3 Å². The summed E-state index contributed by atoms with van der Waals surface area (Å²) in [6.07, 6.45) is -0.225. The minimum Gasteiger partial charge on any atom is -0.325 e. The first-order chi connectivity index (χ1) is 9.12. The van der Waals surface area contributed by atoms with Crippen molar-refractivity contribution in [3.05, 3.63) is 59.7 Å². The van der Waals surface area contributed by atoms with Crippen LogP contribution in [0, 0.1) is 0 Å². The van der Waals surface area contributed by atoms with Crippen molar-refractivity contribution in [3.8, 4) is 11.1 Å². The van der Waals surface area contributed by atoms with Crippen LogP contribution in [0.15, 0.2) is 48.5 Å². The molecule has 0 atom stereocenters. The molecule has 0 bridgehead atoms. The summed E-state index contributed by atoms with van der Waals surface area (Å²) in [5.74, 6) is -3.08. The van der Waals surface area contributed by atoms with Crippen LogP contribution in [0.4, 0.5) is 8.78 Å². The van der Waals surface area contributed by atoms with Gasteiger partial charge in [0.25, 0.3) is 5.92 Å². The maximum absolute atomic E-state index is 13.7. The van der Waals surface area contributed by atoms with Gasteiger partial charge in [0.2, 0.25) is 0 Å². The highest BCUT2D eigenvalue weighted by Crippen LogP contribution is 2.48. The molecule has 2 aromatic carbocycles. The number of alkyl halides is 2. The van der Waals surface area contributed by atoms with Crippen molar-refractivity contribution < 1.29 is 8.78 Å². The lowest BCUT2D eigenvalue weighted by Crippen LogP contribution is -2.29. The summed E-state index contributed by atoms with van der Waals surface area (Å²) in [7, 11) is 0. The SMILES string of the molecule is NCC(F)(F)CC1c2ccccc2-c2ccccc21. The average Bonchev–Trinajstić information content (AvgIpc) is 2.74. The van der Waals surface area contributed by atoms with E-state index in [1.54, 1.807) is 0 Å². The minimum absolute atomic E-state index is 0.225. The molecule has 0 aromatic heterocycles. The van der Waals surface area contributed by atoms with Crippen LogP contribution >= 0.6 is 0 Å². The van der Waals surface area contributed by atoms with E-state index >= 15 is 0 Å². The number of hydrogen-bond donors (Lipinski definition) is 1. The van der Waals surface area contributed by atoms with Crippen LogP contribution in [0.3, 0.4) is 0 Å². The molecule has 3 rings (SSSR count). The summed E-state index contributed by atoms with van der Waals surface area (Å²) in [5.41, 5.74) is 9.27. The van der Waals surface area contributed by atoms with E-state index in [4.69, 9.17) is 5.73 Å². The highest BCUT2D eigenvalue weighted by molar-refractivity contribution is 5.78. The van der Waals surface area contributed by atoms with Gasteiger partial charge in [-0.2, -0.15) is 0 Å². The minimum atomic E-state index is -2.82. The Bertz CT molecular complexity index is 562. The number of halogens is 2. The van der Waals surface area contributed by atoms with Gasteiger partial charge in [0.05, 0.1) is 6.54 Å². The standard InChI is InChI=1S/C16H15F2N/c17-16(18,10-19)9-15-13-7-3-1-5-11(13)12-6-2-4-8-14(12)15/h1-8,15H,9-10,19H2. The summed E-state index contributed by atoms with van der Waals surface area (Å²) < 4.78 is 27.3. The summed E-state index contributed by atoms with van der Waals surface area (Å²) in [6.45, 7) is -0.603. The molecule has 3 heteroatoms. The first-order valence-electron chi connectivity index (χ1n) is 6.38. The highest BCUT2D eigenvalue weighted by Gasteiger charge is 2.37. The lowest BCUT2D eigenvalue weighted by molar-refractivity contribution is -0.00146. The zero-order chi connectivity index (χ0) is 13.5. The monoisotopic (exact) mass is 259 g/mol. The van der Waals surface area contributed by atoms with Gasteiger partial charge in [-0.3, -0.25) is 0 Å². The maximum Gasteiger partial charge on any atom is 0.261 e. The molecule has 0 spiro atoms. The number of benzene rings is 2. The largest absolute Gasteiger partial charge is 0.325 e. The van der Waals surface area contributed by atoms with Gasteiger partial charge in [-0.25, -0.2) is 8.78 Å². The maximum atomic E-state index is 13.7. The molecule has 1 aliphatic rings. The van der Waals surface area contributed by atoms with Crippen LogP contribution in [0.5, 0.6) is 0 Å². The molecule has 0 unspecified atom stereocenters. The first kappa shape index (κ1) is 12.3. The Kier molecular flexibility index (Phi) is 2.86. The molecule has 0 fully saturated rings. The van der Waals surface area contributed by atoms with E-state index in [0.717, 1.165) is 22.3 Å². The molecular weight excluding hydrogens is 244 g/mol. The molecular formula is C16H15F2N. The van der Waals surface area contributed by atoms with Crippen LogP contribution in [-0.2, 0) is 0 Å². The average molecular weight is 259 g/mol. The molecule has 0 heterocycles. The van der Waals surface area contributed by atoms with E-state index in [9.17, 15) is 8.78 Å². The fourth-order valence-corrected chi connectivity index (χ4v) is 2.86. The summed E-state index contributed by atoms with van der Waals surface area (Å²) >= 11 is 0. The third-order valence-electron chi connectivity index (χ3n) is 3.76. The Balaban J connectivity index is 2.10. The van der Waals surface area contributed by atoms with E-state index in [-0.39, 0.29) is 12.3 Å². The first-order valence-corrected chi connectivity index (χ1v) is 6.38. The molecule has 19 heavy (non-hydrogen) atoms. The van der Waals surface area contributed by atoms with Crippen LogP contribution in [0.1, 0.15) is 23.5 Å². The predicted octanol–water partition coefficient (Wildman–Crippen LogP) is 3.78. The van der Waals surface area contributed by atoms with Crippen molar-refractivity contribution in [1.29, 1.82) is 0 Å². The second-order valence-electron chi connectivity index (χ2n) is 4.99. The van der Waals surface area contributed by atoms with Crippen LogP contribution < -0.4 is 5.73 Å². The van der Waals surface area contributed by atoms with Crippen molar-refractivity contribution >= 4 is 0 Å². The van der Waals surface area contributed by atoms with Gasteiger partial charge in [-0.1, -0.05) is 48.5 Å². The van der Waals surface area contributed by atoms with E-state index in [2.05, 4.69) is 0 Å². The van der Waals surface area contributed by atoms with E-state index < -0.39 is 12.5 Å². The Morgan fingerprint density at radius 2 is 1.37 bits per heavy atom. The Morgan fingerprint density at radius 3 is 1.84 bits per heavy atom. The van der Waals surface area contributed by atoms with E-state index in [0.29, 0.717) is 0 Å². The van der Waals surface area contributed by atoms with Gasteiger partial charge >= 0.3 is 0 Å². The predicted molar refractivity (Wildman–Crippen MR) is 72.3 cm³/mol. The summed E-state index contributed by atoms with van der Waals surface area (Å²) in [5, 5.41) is 0. The fourth-order valence-electron chi connectivity index (χ4n) is 2.86. The third kappa shape index (κ3) is 2.04. The fraction of sp³-hybridized carbons (Fsp3) is 0.250. The van der Waals surface area contributed by atoms with Gasteiger partial charge in [0.1, 0.15) is 0 Å². The lowest BCUT2D eigenvalue weighted by Gasteiger charge is -2.20. The Hall–Kier alpha value is -1.74. The second-order valence-corrected chi connectivity index (χ2v) is 4.99. The molecule has 1 nitrogen and oxygen atoms in total. The molecule has 2 aromatic rings. The van der Waals surface area contributed by atoms with Gasteiger partial charge in [0.15, 0.2) is 0 Å². The smallest absolute Gasteiger partial charge is 0.261 e. The molecule has 0 radical (unpaired) electrons. The van der Waals surface area contributed by atoms with Gasteiger partial charge < -0.3 is 5.73 Å².